The number of anilines is 1. The lowest BCUT2D eigenvalue weighted by Gasteiger charge is -2.27. The second kappa shape index (κ2) is 4.27. The van der Waals surface area contributed by atoms with Gasteiger partial charge < -0.3 is 10.0 Å². The van der Waals surface area contributed by atoms with Crippen molar-refractivity contribution in [1.29, 1.82) is 0 Å². The molecular formula is C10H13N3OS2. The van der Waals surface area contributed by atoms with Crippen molar-refractivity contribution in [1.82, 2.24) is 9.38 Å². The van der Waals surface area contributed by atoms with Crippen LogP contribution in [-0.4, -0.2) is 39.1 Å². The Labute approximate surface area is 102 Å². The molecule has 0 radical (unpaired) electrons. The fraction of sp³-hybridized carbons (Fsp3) is 0.500. The molecule has 0 atom stereocenters. The predicted molar refractivity (Wildman–Crippen MR) is 68.5 cm³/mol. The number of thiazole rings is 1. The topological polar surface area (TPSA) is 40.8 Å². The molecule has 2 aromatic heterocycles. The van der Waals surface area contributed by atoms with E-state index in [2.05, 4.69) is 9.88 Å². The molecule has 1 saturated heterocycles. The summed E-state index contributed by atoms with van der Waals surface area (Å²) in [5.41, 5.74) is 0.920. The van der Waals surface area contributed by atoms with Crippen molar-refractivity contribution in [2.45, 2.75) is 6.61 Å². The summed E-state index contributed by atoms with van der Waals surface area (Å²) in [6.45, 7) is 2.11. The first kappa shape index (κ1) is 10.4. The second-order valence-electron chi connectivity index (χ2n) is 3.70. The van der Waals surface area contributed by atoms with E-state index >= 15 is 0 Å². The number of fused-ring (bicyclic) bond motifs is 1. The molecule has 0 amide bonds. The number of imidazole rings is 1. The summed E-state index contributed by atoms with van der Waals surface area (Å²) in [5.74, 6) is 3.26. The highest BCUT2D eigenvalue weighted by Gasteiger charge is 2.19. The van der Waals surface area contributed by atoms with Crippen LogP contribution in [0.15, 0.2) is 11.6 Å². The van der Waals surface area contributed by atoms with Crippen LogP contribution in [0.25, 0.3) is 4.96 Å². The van der Waals surface area contributed by atoms with E-state index < -0.39 is 0 Å². The van der Waals surface area contributed by atoms with E-state index in [0.29, 0.717) is 0 Å². The van der Waals surface area contributed by atoms with Crippen molar-refractivity contribution >= 4 is 33.9 Å². The Hall–Kier alpha value is -0.720. The highest BCUT2D eigenvalue weighted by molar-refractivity contribution is 7.99. The fourth-order valence-electron chi connectivity index (χ4n) is 2.00. The Kier molecular flexibility index (Phi) is 2.79. The van der Waals surface area contributed by atoms with Crippen LogP contribution in [-0.2, 0) is 6.61 Å². The van der Waals surface area contributed by atoms with Gasteiger partial charge in [0.2, 0.25) is 0 Å². The van der Waals surface area contributed by atoms with Crippen LogP contribution >= 0.6 is 23.1 Å². The number of aromatic nitrogens is 2. The van der Waals surface area contributed by atoms with Gasteiger partial charge in [-0.3, -0.25) is 4.40 Å². The van der Waals surface area contributed by atoms with Gasteiger partial charge in [-0.15, -0.1) is 11.3 Å². The number of aliphatic hydroxyl groups is 1. The summed E-state index contributed by atoms with van der Waals surface area (Å²) >= 11 is 3.59. The zero-order valence-corrected chi connectivity index (χ0v) is 10.4. The van der Waals surface area contributed by atoms with E-state index in [1.807, 2.05) is 27.7 Å². The van der Waals surface area contributed by atoms with Crippen LogP contribution in [0.5, 0.6) is 0 Å². The van der Waals surface area contributed by atoms with Crippen molar-refractivity contribution < 1.29 is 5.11 Å². The molecule has 86 valence electrons. The molecule has 16 heavy (non-hydrogen) atoms. The highest BCUT2D eigenvalue weighted by atomic mass is 32.2. The standard InChI is InChI=1S/C10H13N3OS2/c14-7-8-9(12-1-4-15-5-2-12)11-10-13(8)3-6-16-10/h3,6,14H,1-2,4-5,7H2. The van der Waals surface area contributed by atoms with Gasteiger partial charge in [-0.1, -0.05) is 0 Å². The molecule has 0 spiro atoms. The Morgan fingerprint density at radius 2 is 2.19 bits per heavy atom. The molecule has 0 bridgehead atoms. The number of hydrogen-bond donors (Lipinski definition) is 1. The summed E-state index contributed by atoms with van der Waals surface area (Å²) in [6.07, 6.45) is 1.97. The minimum absolute atomic E-state index is 0.0525. The third-order valence-electron chi connectivity index (χ3n) is 2.80. The second-order valence-corrected chi connectivity index (χ2v) is 5.79. The van der Waals surface area contributed by atoms with Crippen LogP contribution in [0.2, 0.25) is 0 Å². The van der Waals surface area contributed by atoms with E-state index in [9.17, 15) is 5.11 Å². The van der Waals surface area contributed by atoms with Crippen LogP contribution in [0.4, 0.5) is 5.82 Å². The number of hydrogen-bond acceptors (Lipinski definition) is 5. The van der Waals surface area contributed by atoms with Crippen LogP contribution in [0.1, 0.15) is 5.69 Å². The minimum Gasteiger partial charge on any atom is -0.390 e. The molecule has 3 heterocycles. The minimum atomic E-state index is 0.0525. The zero-order chi connectivity index (χ0) is 11.0. The monoisotopic (exact) mass is 255 g/mol. The summed E-state index contributed by atoms with van der Waals surface area (Å²) in [5, 5.41) is 11.5. The number of nitrogens with zero attached hydrogens (tertiary/aromatic N) is 3. The summed E-state index contributed by atoms with van der Waals surface area (Å²) in [6, 6.07) is 0. The first-order valence-corrected chi connectivity index (χ1v) is 7.31. The van der Waals surface area contributed by atoms with E-state index in [1.165, 1.54) is 0 Å². The Balaban J connectivity index is 2.03. The highest BCUT2D eigenvalue weighted by Crippen LogP contribution is 2.26. The molecule has 3 rings (SSSR count). The third-order valence-corrected chi connectivity index (χ3v) is 4.50. The van der Waals surface area contributed by atoms with Gasteiger partial charge in [-0.25, -0.2) is 4.98 Å². The smallest absolute Gasteiger partial charge is 0.195 e. The van der Waals surface area contributed by atoms with Crippen LogP contribution in [0, 0.1) is 0 Å². The third kappa shape index (κ3) is 1.61. The summed E-state index contributed by atoms with van der Waals surface area (Å²) in [7, 11) is 0. The molecule has 0 saturated carbocycles. The van der Waals surface area contributed by atoms with Gasteiger partial charge in [-0.2, -0.15) is 11.8 Å². The van der Waals surface area contributed by atoms with Crippen molar-refractivity contribution in [2.75, 3.05) is 29.5 Å². The summed E-state index contributed by atoms with van der Waals surface area (Å²) in [4.78, 5) is 7.85. The maximum absolute atomic E-state index is 9.47. The molecule has 2 aromatic rings. The van der Waals surface area contributed by atoms with Gasteiger partial charge in [0.05, 0.1) is 12.3 Å². The van der Waals surface area contributed by atoms with Gasteiger partial charge >= 0.3 is 0 Å². The number of thioether (sulfide) groups is 1. The van der Waals surface area contributed by atoms with Crippen LogP contribution in [0.3, 0.4) is 0 Å². The number of aliphatic hydroxyl groups excluding tert-OH is 1. The Bertz CT molecular complexity index is 487. The van der Waals surface area contributed by atoms with E-state index in [1.54, 1.807) is 11.3 Å². The summed E-state index contributed by atoms with van der Waals surface area (Å²) < 4.78 is 1.99. The molecule has 4 nitrogen and oxygen atoms in total. The molecule has 1 N–H and O–H groups in total. The fourth-order valence-corrected chi connectivity index (χ4v) is 3.63. The quantitative estimate of drug-likeness (QED) is 0.881. The number of rotatable bonds is 2. The predicted octanol–water partition coefficient (Wildman–Crippen LogP) is 1.44. The van der Waals surface area contributed by atoms with Crippen molar-refractivity contribution in [2.24, 2.45) is 0 Å². The molecule has 1 aliphatic heterocycles. The van der Waals surface area contributed by atoms with Gasteiger partial charge in [0.1, 0.15) is 0 Å². The molecular weight excluding hydrogens is 242 g/mol. The lowest BCUT2D eigenvalue weighted by molar-refractivity contribution is 0.276. The SMILES string of the molecule is OCc1c(N2CCSCC2)nc2sccn12. The lowest BCUT2D eigenvalue weighted by atomic mass is 10.4. The van der Waals surface area contributed by atoms with Gasteiger partial charge in [0.25, 0.3) is 0 Å². The average Bonchev–Trinajstić information content (AvgIpc) is 2.89. The maximum atomic E-state index is 9.47. The average molecular weight is 255 g/mol. The molecule has 0 unspecified atom stereocenters. The van der Waals surface area contributed by atoms with E-state index in [0.717, 1.165) is 41.1 Å². The molecule has 0 aliphatic carbocycles. The largest absolute Gasteiger partial charge is 0.390 e. The maximum Gasteiger partial charge on any atom is 0.195 e. The van der Waals surface area contributed by atoms with Gasteiger partial charge in [0.15, 0.2) is 10.8 Å². The molecule has 0 aromatic carbocycles. The van der Waals surface area contributed by atoms with Crippen molar-refractivity contribution in [3.8, 4) is 0 Å². The van der Waals surface area contributed by atoms with Gasteiger partial charge in [-0.05, 0) is 0 Å². The van der Waals surface area contributed by atoms with E-state index in [-0.39, 0.29) is 6.61 Å². The Morgan fingerprint density at radius 1 is 1.38 bits per heavy atom. The normalized spacial score (nSPS) is 17.2. The molecule has 6 heteroatoms. The first-order chi connectivity index (χ1) is 7.90. The lowest BCUT2D eigenvalue weighted by Crippen LogP contribution is -2.33. The van der Waals surface area contributed by atoms with Crippen LogP contribution < -0.4 is 4.90 Å². The Morgan fingerprint density at radius 3 is 2.94 bits per heavy atom. The molecule has 1 aliphatic rings. The van der Waals surface area contributed by atoms with E-state index in [4.69, 9.17) is 0 Å². The zero-order valence-electron chi connectivity index (χ0n) is 8.80. The molecule has 1 fully saturated rings. The van der Waals surface area contributed by atoms with Gasteiger partial charge in [0, 0.05) is 36.2 Å². The first-order valence-electron chi connectivity index (χ1n) is 5.28. The van der Waals surface area contributed by atoms with Crippen molar-refractivity contribution in [3.63, 3.8) is 0 Å². The van der Waals surface area contributed by atoms with Crippen molar-refractivity contribution in [3.05, 3.63) is 17.3 Å².